The summed E-state index contributed by atoms with van der Waals surface area (Å²) >= 11 is -3.02. The molecule has 0 aliphatic heterocycles. The van der Waals surface area contributed by atoms with Crippen LogP contribution in [0.5, 0.6) is 0 Å². The number of fused-ring (bicyclic) bond motifs is 2. The standard InChI is InChI=1S/2C16H13.2CH3.Sn/c2*1-12-10-14-8-5-9-15(16(14)11-12)13-6-3-2-4-7-13;;;/h2*2-9H,10H2,1H3;2*1H3;. The van der Waals surface area contributed by atoms with E-state index in [1.807, 2.05) is 0 Å². The van der Waals surface area contributed by atoms with Gasteiger partial charge in [0, 0.05) is 0 Å². The van der Waals surface area contributed by atoms with Gasteiger partial charge in [-0.25, -0.2) is 0 Å². The van der Waals surface area contributed by atoms with Gasteiger partial charge < -0.3 is 0 Å². The van der Waals surface area contributed by atoms with Gasteiger partial charge in [0.2, 0.25) is 0 Å². The van der Waals surface area contributed by atoms with Crippen molar-refractivity contribution in [2.24, 2.45) is 0 Å². The Morgan fingerprint density at radius 1 is 0.486 bits per heavy atom. The minimum atomic E-state index is -3.02. The SMILES string of the molecule is CC1=[C]([Sn]([CH3])([CH3])[C]2=C(C)Cc3cccc(-c4ccccc4)c32)c2c(cccc2-c2ccccc2)C1. The van der Waals surface area contributed by atoms with Crippen LogP contribution in [0.25, 0.3) is 29.4 Å². The van der Waals surface area contributed by atoms with Gasteiger partial charge in [-0.3, -0.25) is 0 Å². The van der Waals surface area contributed by atoms with Gasteiger partial charge in [-0.05, 0) is 0 Å². The van der Waals surface area contributed by atoms with E-state index in [4.69, 9.17) is 0 Å². The molecule has 0 amide bonds. The second-order valence-corrected chi connectivity index (χ2v) is 22.8. The van der Waals surface area contributed by atoms with E-state index in [1.54, 1.807) is 29.5 Å². The van der Waals surface area contributed by atoms with Gasteiger partial charge in [-0.1, -0.05) is 0 Å². The Bertz CT molecular complexity index is 1390. The Balaban J connectivity index is 1.56. The van der Waals surface area contributed by atoms with E-state index in [1.165, 1.54) is 33.4 Å². The molecule has 35 heavy (non-hydrogen) atoms. The zero-order chi connectivity index (χ0) is 24.2. The molecular weight excluding hydrogens is 527 g/mol. The Morgan fingerprint density at radius 3 is 1.29 bits per heavy atom. The average molecular weight is 559 g/mol. The van der Waals surface area contributed by atoms with Crippen molar-refractivity contribution < 1.29 is 0 Å². The van der Waals surface area contributed by atoms with E-state index in [9.17, 15) is 0 Å². The zero-order valence-corrected chi connectivity index (χ0v) is 24.0. The summed E-state index contributed by atoms with van der Waals surface area (Å²) in [6, 6.07) is 35.9. The van der Waals surface area contributed by atoms with Crippen LogP contribution < -0.4 is 0 Å². The Hall–Kier alpha value is -2.84. The molecule has 0 radical (unpaired) electrons. The summed E-state index contributed by atoms with van der Waals surface area (Å²) in [5.41, 5.74) is 14.8. The Labute approximate surface area is 213 Å². The van der Waals surface area contributed by atoms with Crippen LogP contribution in [-0.4, -0.2) is 18.4 Å². The monoisotopic (exact) mass is 560 g/mol. The van der Waals surface area contributed by atoms with Crippen LogP contribution in [0.15, 0.2) is 108 Å². The quantitative estimate of drug-likeness (QED) is 0.219. The Kier molecular flexibility index (Phi) is 5.60. The molecule has 0 bridgehead atoms. The number of hydrogen-bond acceptors (Lipinski definition) is 0. The topological polar surface area (TPSA) is 0 Å². The van der Waals surface area contributed by atoms with E-state index < -0.39 is 18.4 Å². The predicted molar refractivity (Wildman–Crippen MR) is 154 cm³/mol. The fourth-order valence-electron chi connectivity index (χ4n) is 6.79. The van der Waals surface area contributed by atoms with Crippen LogP contribution in [0.4, 0.5) is 0 Å². The van der Waals surface area contributed by atoms with Crippen molar-refractivity contribution in [2.45, 2.75) is 36.6 Å². The summed E-state index contributed by atoms with van der Waals surface area (Å²) in [7, 11) is 0. The first kappa shape index (κ1) is 22.6. The third kappa shape index (κ3) is 3.65. The molecule has 6 rings (SSSR count). The summed E-state index contributed by atoms with van der Waals surface area (Å²) in [6.07, 6.45) is 2.18. The molecule has 0 saturated carbocycles. The molecule has 4 aromatic carbocycles. The molecule has 0 atom stereocenters. The molecule has 0 unspecified atom stereocenters. The van der Waals surface area contributed by atoms with Gasteiger partial charge in [0.15, 0.2) is 0 Å². The van der Waals surface area contributed by atoms with Crippen molar-refractivity contribution >= 4 is 25.6 Å². The van der Waals surface area contributed by atoms with Gasteiger partial charge in [0.05, 0.1) is 0 Å². The zero-order valence-electron chi connectivity index (χ0n) is 21.2. The second kappa shape index (κ2) is 8.67. The first-order valence-corrected chi connectivity index (χ1v) is 21.3. The predicted octanol–water partition coefficient (Wildman–Crippen LogP) is 9.17. The van der Waals surface area contributed by atoms with Crippen LogP contribution >= 0.6 is 0 Å². The van der Waals surface area contributed by atoms with Crippen LogP contribution in [0.1, 0.15) is 36.1 Å². The average Bonchev–Trinajstić information content (AvgIpc) is 3.41. The molecule has 0 saturated heterocycles. The molecule has 2 aliphatic carbocycles. The molecular formula is C34H32Sn. The van der Waals surface area contributed by atoms with Crippen LogP contribution in [0.2, 0.25) is 9.88 Å². The number of rotatable bonds is 4. The van der Waals surface area contributed by atoms with Crippen molar-refractivity contribution in [3.05, 3.63) is 130 Å². The Morgan fingerprint density at radius 2 is 0.886 bits per heavy atom. The molecule has 0 spiro atoms. The minimum absolute atomic E-state index is 1.09. The summed E-state index contributed by atoms with van der Waals surface area (Å²) < 4.78 is 3.44. The fourth-order valence-corrected chi connectivity index (χ4v) is 19.4. The van der Waals surface area contributed by atoms with E-state index >= 15 is 0 Å². The molecule has 172 valence electrons. The summed E-state index contributed by atoms with van der Waals surface area (Å²) in [5.74, 6) is 0. The van der Waals surface area contributed by atoms with Gasteiger partial charge in [0.1, 0.15) is 0 Å². The molecule has 0 heterocycles. The van der Waals surface area contributed by atoms with Gasteiger partial charge >= 0.3 is 215 Å². The van der Waals surface area contributed by atoms with Crippen molar-refractivity contribution in [1.29, 1.82) is 0 Å². The van der Waals surface area contributed by atoms with Crippen molar-refractivity contribution in [1.82, 2.24) is 0 Å². The van der Waals surface area contributed by atoms with Crippen molar-refractivity contribution in [3.8, 4) is 22.3 Å². The van der Waals surface area contributed by atoms with Crippen LogP contribution in [-0.2, 0) is 12.8 Å². The summed E-state index contributed by atoms with van der Waals surface area (Å²) in [6.45, 7) is 4.80. The molecule has 2 aliphatic rings. The van der Waals surface area contributed by atoms with Gasteiger partial charge in [-0.2, -0.15) is 0 Å². The van der Waals surface area contributed by atoms with E-state index in [0.717, 1.165) is 12.8 Å². The third-order valence-corrected chi connectivity index (χ3v) is 19.0. The summed E-state index contributed by atoms with van der Waals surface area (Å²) in [5, 5.41) is 0. The molecule has 1 heteroatoms. The van der Waals surface area contributed by atoms with Gasteiger partial charge in [-0.15, -0.1) is 0 Å². The molecule has 0 N–H and O–H groups in total. The maximum atomic E-state index is 2.67. The first-order valence-electron chi connectivity index (χ1n) is 12.7. The number of hydrogen-bond donors (Lipinski definition) is 0. The van der Waals surface area contributed by atoms with E-state index in [2.05, 4.69) is 121 Å². The van der Waals surface area contributed by atoms with Crippen molar-refractivity contribution in [3.63, 3.8) is 0 Å². The third-order valence-electron chi connectivity index (χ3n) is 7.99. The molecule has 0 aromatic heterocycles. The first-order chi connectivity index (χ1) is 17.0. The van der Waals surface area contributed by atoms with E-state index in [-0.39, 0.29) is 0 Å². The van der Waals surface area contributed by atoms with Gasteiger partial charge in [0.25, 0.3) is 0 Å². The maximum absolute atomic E-state index is 3.02. The number of allylic oxidation sites excluding steroid dienone is 2. The van der Waals surface area contributed by atoms with E-state index in [0.29, 0.717) is 0 Å². The van der Waals surface area contributed by atoms with Crippen LogP contribution in [0.3, 0.4) is 0 Å². The molecule has 4 aromatic rings. The molecule has 0 nitrogen and oxygen atoms in total. The normalized spacial score (nSPS) is 15.0. The fraction of sp³-hybridized carbons (Fsp3) is 0.176. The second-order valence-electron chi connectivity index (χ2n) is 10.7. The van der Waals surface area contributed by atoms with Crippen LogP contribution in [0, 0.1) is 0 Å². The summed E-state index contributed by atoms with van der Waals surface area (Å²) in [4.78, 5) is 5.33. The van der Waals surface area contributed by atoms with Crippen molar-refractivity contribution in [2.75, 3.05) is 0 Å². The molecule has 0 fully saturated rings. The number of benzene rings is 4.